The van der Waals surface area contributed by atoms with Crippen molar-refractivity contribution in [2.45, 2.75) is 52.6 Å². The first-order valence-electron chi connectivity index (χ1n) is 6.77. The highest BCUT2D eigenvalue weighted by atomic mass is 35.5. The lowest BCUT2D eigenvalue weighted by molar-refractivity contribution is 0.000750. The van der Waals surface area contributed by atoms with E-state index in [0.29, 0.717) is 18.3 Å². The van der Waals surface area contributed by atoms with Gasteiger partial charge in [-0.2, -0.15) is 0 Å². The van der Waals surface area contributed by atoms with E-state index in [1.807, 2.05) is 24.3 Å². The van der Waals surface area contributed by atoms with Crippen LogP contribution in [0.15, 0.2) is 24.3 Å². The molecule has 0 aliphatic rings. The molecule has 102 valence electrons. The van der Waals surface area contributed by atoms with E-state index in [9.17, 15) is 5.11 Å². The first-order chi connectivity index (χ1) is 8.31. The monoisotopic (exact) mass is 268 g/mol. The van der Waals surface area contributed by atoms with Crippen LogP contribution in [0.5, 0.6) is 0 Å². The van der Waals surface area contributed by atoms with Crippen LogP contribution in [0.4, 0.5) is 0 Å². The summed E-state index contributed by atoms with van der Waals surface area (Å²) >= 11 is 6.00. The Kier molecular flexibility index (Phi) is 5.68. The van der Waals surface area contributed by atoms with Gasteiger partial charge in [0, 0.05) is 11.4 Å². The van der Waals surface area contributed by atoms with E-state index in [0.717, 1.165) is 23.4 Å². The van der Waals surface area contributed by atoms with Gasteiger partial charge in [0.25, 0.3) is 0 Å². The zero-order chi connectivity index (χ0) is 13.8. The van der Waals surface area contributed by atoms with Crippen LogP contribution in [0.2, 0.25) is 5.02 Å². The zero-order valence-electron chi connectivity index (χ0n) is 11.9. The molecule has 0 amide bonds. The highest BCUT2D eigenvalue weighted by Gasteiger charge is 2.29. The van der Waals surface area contributed by atoms with Gasteiger partial charge in [0.15, 0.2) is 0 Å². The van der Waals surface area contributed by atoms with E-state index in [4.69, 9.17) is 11.6 Å². The third-order valence-electron chi connectivity index (χ3n) is 3.00. The molecule has 0 atom stereocenters. The van der Waals surface area contributed by atoms with Crippen LogP contribution in [-0.2, 0) is 6.42 Å². The van der Waals surface area contributed by atoms with Crippen molar-refractivity contribution in [3.63, 3.8) is 0 Å². The molecule has 0 bridgehead atoms. The molecule has 0 fully saturated rings. The Hall–Kier alpha value is -0.530. The van der Waals surface area contributed by atoms with Gasteiger partial charge in [-0.25, -0.2) is 0 Å². The molecule has 2 heteroatoms. The fraction of sp³-hybridized carbons (Fsp3) is 0.625. The highest BCUT2D eigenvalue weighted by Crippen LogP contribution is 2.29. The van der Waals surface area contributed by atoms with Crippen molar-refractivity contribution < 1.29 is 5.11 Å². The van der Waals surface area contributed by atoms with Gasteiger partial charge in [0.05, 0.1) is 5.60 Å². The Labute approximate surface area is 116 Å². The Morgan fingerprint density at radius 3 is 2.11 bits per heavy atom. The summed E-state index contributed by atoms with van der Waals surface area (Å²) in [6.07, 6.45) is 2.35. The summed E-state index contributed by atoms with van der Waals surface area (Å²) in [5, 5.41) is 11.6. The first kappa shape index (κ1) is 15.5. The maximum atomic E-state index is 10.9. The van der Waals surface area contributed by atoms with E-state index < -0.39 is 5.60 Å². The quantitative estimate of drug-likeness (QED) is 0.792. The van der Waals surface area contributed by atoms with Gasteiger partial charge in [-0.3, -0.25) is 0 Å². The third-order valence-corrected chi connectivity index (χ3v) is 3.23. The number of benzene rings is 1. The standard InChI is InChI=1S/C16H25ClO/c1-12(2)9-16(18,10-13(3)4)11-14-6-5-7-15(17)8-14/h5-8,12-13,18H,9-11H2,1-4H3. The minimum Gasteiger partial charge on any atom is -0.390 e. The van der Waals surface area contributed by atoms with Crippen LogP contribution >= 0.6 is 11.6 Å². The number of hydrogen-bond acceptors (Lipinski definition) is 1. The maximum absolute atomic E-state index is 10.9. The molecule has 1 aromatic rings. The summed E-state index contributed by atoms with van der Waals surface area (Å²) in [5.74, 6) is 0.987. The van der Waals surface area contributed by atoms with Gasteiger partial charge < -0.3 is 5.11 Å². The van der Waals surface area contributed by atoms with Crippen molar-refractivity contribution in [2.24, 2.45) is 11.8 Å². The minimum atomic E-state index is -0.618. The Bertz CT molecular complexity index is 361. The fourth-order valence-corrected chi connectivity index (χ4v) is 2.99. The minimum absolute atomic E-state index is 0.493. The van der Waals surface area contributed by atoms with Crippen molar-refractivity contribution in [3.8, 4) is 0 Å². The molecule has 1 rings (SSSR count). The molecule has 0 aliphatic heterocycles. The molecule has 0 aromatic heterocycles. The molecule has 1 nitrogen and oxygen atoms in total. The second-order valence-electron chi connectivity index (χ2n) is 6.23. The number of hydrogen-bond donors (Lipinski definition) is 1. The average molecular weight is 269 g/mol. The molecule has 1 N–H and O–H groups in total. The summed E-state index contributed by atoms with van der Waals surface area (Å²) in [5.41, 5.74) is 0.499. The van der Waals surface area contributed by atoms with E-state index >= 15 is 0 Å². The van der Waals surface area contributed by atoms with Gasteiger partial charge >= 0.3 is 0 Å². The number of aliphatic hydroxyl groups is 1. The predicted molar refractivity (Wildman–Crippen MR) is 79.0 cm³/mol. The first-order valence-corrected chi connectivity index (χ1v) is 7.15. The lowest BCUT2D eigenvalue weighted by Gasteiger charge is -2.32. The molecule has 0 radical (unpaired) electrons. The summed E-state index contributed by atoms with van der Waals surface area (Å²) in [6.45, 7) is 8.62. The predicted octanol–water partition coefficient (Wildman–Crippen LogP) is 4.71. The maximum Gasteiger partial charge on any atom is 0.0692 e. The fourth-order valence-electron chi connectivity index (χ4n) is 2.77. The van der Waals surface area contributed by atoms with Crippen LogP contribution in [-0.4, -0.2) is 10.7 Å². The van der Waals surface area contributed by atoms with Crippen molar-refractivity contribution in [3.05, 3.63) is 34.9 Å². The Morgan fingerprint density at radius 1 is 1.11 bits per heavy atom. The molecular weight excluding hydrogens is 244 g/mol. The van der Waals surface area contributed by atoms with Crippen molar-refractivity contribution in [1.82, 2.24) is 0 Å². The highest BCUT2D eigenvalue weighted by molar-refractivity contribution is 6.30. The van der Waals surface area contributed by atoms with Crippen LogP contribution in [0, 0.1) is 11.8 Å². The smallest absolute Gasteiger partial charge is 0.0692 e. The van der Waals surface area contributed by atoms with Crippen LogP contribution < -0.4 is 0 Å². The number of rotatable bonds is 6. The summed E-state index contributed by atoms with van der Waals surface area (Å²) < 4.78 is 0. The molecule has 0 heterocycles. The van der Waals surface area contributed by atoms with Crippen LogP contribution in [0.1, 0.15) is 46.1 Å². The van der Waals surface area contributed by atoms with E-state index in [1.54, 1.807) is 0 Å². The van der Waals surface area contributed by atoms with Gasteiger partial charge in [-0.15, -0.1) is 0 Å². The molecule has 0 spiro atoms. The average Bonchev–Trinajstić information content (AvgIpc) is 2.13. The third kappa shape index (κ3) is 5.41. The molecule has 0 unspecified atom stereocenters. The molecule has 0 saturated heterocycles. The Balaban J connectivity index is 2.83. The number of halogens is 1. The van der Waals surface area contributed by atoms with E-state index in [2.05, 4.69) is 27.7 Å². The van der Waals surface area contributed by atoms with Gasteiger partial charge in [0.1, 0.15) is 0 Å². The van der Waals surface area contributed by atoms with E-state index in [1.165, 1.54) is 0 Å². The van der Waals surface area contributed by atoms with Crippen molar-refractivity contribution in [2.75, 3.05) is 0 Å². The van der Waals surface area contributed by atoms with Crippen LogP contribution in [0.3, 0.4) is 0 Å². The van der Waals surface area contributed by atoms with Crippen molar-refractivity contribution in [1.29, 1.82) is 0 Å². The van der Waals surface area contributed by atoms with Crippen LogP contribution in [0.25, 0.3) is 0 Å². The molecule has 1 aromatic carbocycles. The second-order valence-corrected chi connectivity index (χ2v) is 6.66. The SMILES string of the molecule is CC(C)CC(O)(Cc1cccc(Cl)c1)CC(C)C. The zero-order valence-corrected chi connectivity index (χ0v) is 12.7. The van der Waals surface area contributed by atoms with Gasteiger partial charge in [-0.1, -0.05) is 51.4 Å². The Morgan fingerprint density at radius 2 is 1.67 bits per heavy atom. The summed E-state index contributed by atoms with van der Waals surface area (Å²) in [4.78, 5) is 0. The molecular formula is C16H25ClO. The largest absolute Gasteiger partial charge is 0.390 e. The van der Waals surface area contributed by atoms with Gasteiger partial charge in [-0.05, 0) is 42.4 Å². The lowest BCUT2D eigenvalue weighted by Crippen LogP contribution is -2.34. The topological polar surface area (TPSA) is 20.2 Å². The second kappa shape index (κ2) is 6.58. The van der Waals surface area contributed by atoms with E-state index in [-0.39, 0.29) is 0 Å². The molecule has 0 aliphatic carbocycles. The summed E-state index contributed by atoms with van der Waals surface area (Å²) in [6, 6.07) is 7.81. The molecule has 0 saturated carbocycles. The normalized spacial score (nSPS) is 12.4. The summed E-state index contributed by atoms with van der Waals surface area (Å²) in [7, 11) is 0. The van der Waals surface area contributed by atoms with Crippen molar-refractivity contribution >= 4 is 11.6 Å². The lowest BCUT2D eigenvalue weighted by atomic mass is 9.80. The molecule has 18 heavy (non-hydrogen) atoms. The van der Waals surface area contributed by atoms with Gasteiger partial charge in [0.2, 0.25) is 0 Å².